The lowest BCUT2D eigenvalue weighted by Crippen LogP contribution is -2.44. The molecule has 2 amide bonds. The Labute approximate surface area is 139 Å². The van der Waals surface area contributed by atoms with Gasteiger partial charge in [0.25, 0.3) is 0 Å². The highest BCUT2D eigenvalue weighted by Gasteiger charge is 2.36. The lowest BCUT2D eigenvalue weighted by molar-refractivity contribution is -0.137. The smallest absolute Gasteiger partial charge is 0.396 e. The summed E-state index contributed by atoms with van der Waals surface area (Å²) in [5.74, 6) is 0.164. The maximum Gasteiger partial charge on any atom is 0.416 e. The number of benzene rings is 1. The first-order chi connectivity index (χ1) is 11.3. The van der Waals surface area contributed by atoms with Crippen LogP contribution in [0.5, 0.6) is 0 Å². The van der Waals surface area contributed by atoms with Gasteiger partial charge >= 0.3 is 12.2 Å². The van der Waals surface area contributed by atoms with Gasteiger partial charge in [0.15, 0.2) is 0 Å². The van der Waals surface area contributed by atoms with Crippen molar-refractivity contribution in [2.24, 2.45) is 5.92 Å². The number of aliphatic hydroxyl groups is 1. The van der Waals surface area contributed by atoms with Crippen molar-refractivity contribution in [2.45, 2.75) is 50.9 Å². The molecule has 1 aromatic rings. The number of nitrogens with one attached hydrogen (secondary N) is 2. The minimum Gasteiger partial charge on any atom is -0.396 e. The molecule has 2 atom stereocenters. The summed E-state index contributed by atoms with van der Waals surface area (Å²) in [5, 5.41) is 14.5. The third kappa shape index (κ3) is 5.12. The van der Waals surface area contributed by atoms with Crippen LogP contribution in [0.2, 0.25) is 0 Å². The number of hydrogen-bond donors (Lipinski definition) is 3. The molecular weight excluding hydrogens is 321 g/mol. The fourth-order valence-corrected chi connectivity index (χ4v) is 2.71. The topological polar surface area (TPSA) is 61.4 Å². The van der Waals surface area contributed by atoms with E-state index in [0.717, 1.165) is 25.0 Å². The number of alkyl halides is 3. The van der Waals surface area contributed by atoms with E-state index in [0.29, 0.717) is 18.4 Å². The summed E-state index contributed by atoms with van der Waals surface area (Å²) in [7, 11) is 0. The monoisotopic (exact) mass is 344 g/mol. The largest absolute Gasteiger partial charge is 0.416 e. The molecule has 1 aliphatic rings. The highest BCUT2D eigenvalue weighted by Crippen LogP contribution is 2.42. The number of rotatable bonds is 7. The average Bonchev–Trinajstić information content (AvgIpc) is 3.36. The molecule has 0 aromatic heterocycles. The number of carbonyl (C=O) groups is 1. The van der Waals surface area contributed by atoms with Gasteiger partial charge in [0, 0.05) is 12.6 Å². The number of hydrogen-bond acceptors (Lipinski definition) is 2. The van der Waals surface area contributed by atoms with Crippen LogP contribution in [0.15, 0.2) is 24.3 Å². The third-order valence-electron chi connectivity index (χ3n) is 4.26. The van der Waals surface area contributed by atoms with Gasteiger partial charge in [-0.25, -0.2) is 4.79 Å². The van der Waals surface area contributed by atoms with E-state index in [1.165, 1.54) is 6.07 Å². The van der Waals surface area contributed by atoms with E-state index in [2.05, 4.69) is 10.6 Å². The van der Waals surface area contributed by atoms with Gasteiger partial charge in [0.05, 0.1) is 11.6 Å². The molecule has 1 fully saturated rings. The van der Waals surface area contributed by atoms with Gasteiger partial charge in [0.2, 0.25) is 0 Å². The molecule has 3 N–H and O–H groups in total. The zero-order valence-electron chi connectivity index (χ0n) is 13.6. The van der Waals surface area contributed by atoms with Gasteiger partial charge in [0.1, 0.15) is 0 Å². The summed E-state index contributed by atoms with van der Waals surface area (Å²) in [6, 6.07) is 4.12. The fraction of sp³-hybridized carbons (Fsp3) is 0.588. The molecule has 4 nitrogen and oxygen atoms in total. The Morgan fingerprint density at radius 3 is 2.58 bits per heavy atom. The molecule has 0 heterocycles. The van der Waals surface area contributed by atoms with Crippen LogP contribution in [0.1, 0.15) is 49.8 Å². The maximum atomic E-state index is 12.9. The molecular formula is C17H23F3N2O2. The summed E-state index contributed by atoms with van der Waals surface area (Å²) in [6.45, 7) is 1.87. The van der Waals surface area contributed by atoms with Gasteiger partial charge in [-0.05, 0) is 49.3 Å². The average molecular weight is 344 g/mol. The highest BCUT2D eigenvalue weighted by molar-refractivity contribution is 5.75. The lowest BCUT2D eigenvalue weighted by Gasteiger charge is -2.23. The molecule has 0 bridgehead atoms. The molecule has 0 radical (unpaired) electrons. The van der Waals surface area contributed by atoms with E-state index in [1.54, 1.807) is 6.07 Å². The molecule has 24 heavy (non-hydrogen) atoms. The van der Waals surface area contributed by atoms with Crippen LogP contribution in [0.25, 0.3) is 0 Å². The van der Waals surface area contributed by atoms with Gasteiger partial charge in [-0.1, -0.05) is 19.1 Å². The second-order valence-electron chi connectivity index (χ2n) is 6.17. The summed E-state index contributed by atoms with van der Waals surface area (Å²) in [4.78, 5) is 12.2. The minimum absolute atomic E-state index is 0.0293. The van der Waals surface area contributed by atoms with Gasteiger partial charge in [-0.2, -0.15) is 13.2 Å². The van der Waals surface area contributed by atoms with Crippen LogP contribution in [0, 0.1) is 5.92 Å². The molecule has 1 aliphatic carbocycles. The van der Waals surface area contributed by atoms with Gasteiger partial charge < -0.3 is 15.7 Å². The summed E-state index contributed by atoms with van der Waals surface area (Å²) in [6.07, 6.45) is -1.52. The van der Waals surface area contributed by atoms with Crippen molar-refractivity contribution in [3.8, 4) is 0 Å². The fourth-order valence-electron chi connectivity index (χ4n) is 2.71. The Balaban J connectivity index is 2.09. The summed E-state index contributed by atoms with van der Waals surface area (Å²) < 4.78 is 38.7. The minimum atomic E-state index is -4.40. The Morgan fingerprint density at radius 2 is 2.04 bits per heavy atom. The first-order valence-electron chi connectivity index (χ1n) is 8.20. The van der Waals surface area contributed by atoms with Crippen molar-refractivity contribution < 1.29 is 23.1 Å². The van der Waals surface area contributed by atoms with Crippen molar-refractivity contribution in [3.05, 3.63) is 35.4 Å². The van der Waals surface area contributed by atoms with Crippen molar-refractivity contribution in [3.63, 3.8) is 0 Å². The highest BCUT2D eigenvalue weighted by atomic mass is 19.4. The Bertz CT molecular complexity index is 559. The Kier molecular flexibility index (Phi) is 6.10. The maximum absolute atomic E-state index is 12.9. The predicted molar refractivity (Wildman–Crippen MR) is 84.4 cm³/mol. The van der Waals surface area contributed by atoms with Crippen LogP contribution >= 0.6 is 0 Å². The van der Waals surface area contributed by atoms with E-state index < -0.39 is 23.8 Å². The molecule has 2 unspecified atom stereocenters. The molecule has 1 saturated carbocycles. The van der Waals surface area contributed by atoms with Gasteiger partial charge in [-0.3, -0.25) is 0 Å². The Hall–Kier alpha value is -1.76. The molecule has 2 rings (SSSR count). The quantitative estimate of drug-likeness (QED) is 0.707. The standard InChI is InChI=1S/C17H23F3N2O2/c1-2-14(8-9-23)21-16(24)22-15(11-6-7-11)12-4-3-5-13(10-12)17(18,19)20/h3-5,10-11,14-15,23H,2,6-9H2,1H3,(H2,21,22,24). The second kappa shape index (κ2) is 7.88. The van der Waals surface area contributed by atoms with E-state index in [-0.39, 0.29) is 18.6 Å². The molecule has 0 spiro atoms. The van der Waals surface area contributed by atoms with Crippen LogP contribution in [-0.2, 0) is 6.18 Å². The molecule has 1 aromatic carbocycles. The Morgan fingerprint density at radius 1 is 1.33 bits per heavy atom. The normalized spacial score (nSPS) is 17.2. The number of amides is 2. The summed E-state index contributed by atoms with van der Waals surface area (Å²) in [5.41, 5.74) is -0.239. The van der Waals surface area contributed by atoms with Gasteiger partial charge in [-0.15, -0.1) is 0 Å². The molecule has 7 heteroatoms. The zero-order valence-corrected chi connectivity index (χ0v) is 13.6. The zero-order chi connectivity index (χ0) is 17.7. The first kappa shape index (κ1) is 18.6. The summed E-state index contributed by atoms with van der Waals surface area (Å²) >= 11 is 0. The van der Waals surface area contributed by atoms with E-state index in [1.807, 2.05) is 6.92 Å². The molecule has 134 valence electrons. The van der Waals surface area contributed by atoms with Crippen molar-refractivity contribution in [1.82, 2.24) is 10.6 Å². The van der Waals surface area contributed by atoms with Crippen molar-refractivity contribution in [1.29, 1.82) is 0 Å². The van der Waals surface area contributed by atoms with E-state index in [9.17, 15) is 18.0 Å². The van der Waals surface area contributed by atoms with Crippen LogP contribution in [-0.4, -0.2) is 23.8 Å². The van der Waals surface area contributed by atoms with Crippen molar-refractivity contribution >= 4 is 6.03 Å². The van der Waals surface area contributed by atoms with Crippen LogP contribution < -0.4 is 10.6 Å². The van der Waals surface area contributed by atoms with Crippen LogP contribution in [0.4, 0.5) is 18.0 Å². The van der Waals surface area contributed by atoms with E-state index >= 15 is 0 Å². The number of urea groups is 1. The first-order valence-corrected chi connectivity index (χ1v) is 8.20. The predicted octanol–water partition coefficient (Wildman–Crippen LogP) is 3.62. The lowest BCUT2D eigenvalue weighted by atomic mass is 10.00. The third-order valence-corrected chi connectivity index (χ3v) is 4.26. The van der Waals surface area contributed by atoms with Crippen LogP contribution in [0.3, 0.4) is 0 Å². The number of carbonyl (C=O) groups excluding carboxylic acids is 1. The number of aliphatic hydroxyl groups excluding tert-OH is 1. The molecule has 0 aliphatic heterocycles. The number of halogens is 3. The SMILES string of the molecule is CCC(CCO)NC(=O)NC(c1cccc(C(F)(F)F)c1)C1CC1. The molecule has 0 saturated heterocycles. The van der Waals surface area contributed by atoms with E-state index in [4.69, 9.17) is 5.11 Å². The second-order valence-corrected chi connectivity index (χ2v) is 6.17. The van der Waals surface area contributed by atoms with Crippen molar-refractivity contribution in [2.75, 3.05) is 6.61 Å².